The van der Waals surface area contributed by atoms with Crippen molar-refractivity contribution in [2.24, 2.45) is 0 Å². The van der Waals surface area contributed by atoms with E-state index < -0.39 is 0 Å². The monoisotopic (exact) mass is 372 g/mol. The van der Waals surface area contributed by atoms with E-state index >= 15 is 0 Å². The fourth-order valence-corrected chi connectivity index (χ4v) is 4.29. The Labute approximate surface area is 170 Å². The van der Waals surface area contributed by atoms with Crippen LogP contribution in [0.25, 0.3) is 22.3 Å². The SMILES string of the molecule is CCCc1cc(CCC)c(-c2ccccc2O)c(CCC)c1-c1ccccc1. The van der Waals surface area contributed by atoms with Crippen molar-refractivity contribution >= 4 is 0 Å². The summed E-state index contributed by atoms with van der Waals surface area (Å²) in [5, 5.41) is 10.7. The van der Waals surface area contributed by atoms with Crippen LogP contribution in [-0.4, -0.2) is 5.11 Å². The number of rotatable bonds is 8. The molecule has 0 amide bonds. The van der Waals surface area contributed by atoms with Crippen molar-refractivity contribution in [3.63, 3.8) is 0 Å². The molecule has 0 spiro atoms. The molecule has 0 aliphatic carbocycles. The number of phenolic OH excluding ortho intramolecular Hbond substituents is 1. The van der Waals surface area contributed by atoms with Crippen molar-refractivity contribution in [1.82, 2.24) is 0 Å². The molecule has 0 saturated heterocycles. The molecule has 0 aliphatic rings. The topological polar surface area (TPSA) is 20.2 Å². The van der Waals surface area contributed by atoms with Gasteiger partial charge in [-0.1, -0.05) is 94.6 Å². The molecule has 0 radical (unpaired) electrons. The molecule has 1 heteroatoms. The summed E-state index contributed by atoms with van der Waals surface area (Å²) in [5.74, 6) is 0.374. The number of phenols is 1. The molecule has 3 rings (SSSR count). The van der Waals surface area contributed by atoms with E-state index in [9.17, 15) is 5.11 Å². The average molecular weight is 373 g/mol. The van der Waals surface area contributed by atoms with Crippen LogP contribution in [0.1, 0.15) is 56.7 Å². The van der Waals surface area contributed by atoms with Gasteiger partial charge in [-0.3, -0.25) is 0 Å². The molecule has 0 bridgehead atoms. The van der Waals surface area contributed by atoms with Crippen molar-refractivity contribution in [3.8, 4) is 28.0 Å². The van der Waals surface area contributed by atoms with Gasteiger partial charge in [0.2, 0.25) is 0 Å². The zero-order chi connectivity index (χ0) is 19.9. The fourth-order valence-electron chi connectivity index (χ4n) is 4.29. The minimum atomic E-state index is 0.374. The van der Waals surface area contributed by atoms with Crippen LogP contribution < -0.4 is 0 Å². The lowest BCUT2D eigenvalue weighted by molar-refractivity contribution is 0.477. The maximum atomic E-state index is 10.7. The van der Waals surface area contributed by atoms with Crippen LogP contribution in [-0.2, 0) is 19.3 Å². The van der Waals surface area contributed by atoms with Gasteiger partial charge in [0.1, 0.15) is 5.75 Å². The first-order valence-electron chi connectivity index (χ1n) is 10.7. The molecule has 0 unspecified atom stereocenters. The first-order chi connectivity index (χ1) is 13.7. The van der Waals surface area contributed by atoms with Crippen LogP contribution in [0.5, 0.6) is 5.75 Å². The van der Waals surface area contributed by atoms with Gasteiger partial charge in [0.25, 0.3) is 0 Å². The summed E-state index contributed by atoms with van der Waals surface area (Å²) in [7, 11) is 0. The molecule has 1 N–H and O–H groups in total. The number of aryl methyl sites for hydroxylation is 2. The highest BCUT2D eigenvalue weighted by Crippen LogP contribution is 2.42. The number of benzene rings is 3. The Hall–Kier alpha value is -2.54. The lowest BCUT2D eigenvalue weighted by Gasteiger charge is -2.23. The number of hydrogen-bond donors (Lipinski definition) is 1. The third-order valence-corrected chi connectivity index (χ3v) is 5.37. The highest BCUT2D eigenvalue weighted by atomic mass is 16.3. The Kier molecular flexibility index (Phi) is 6.92. The summed E-state index contributed by atoms with van der Waals surface area (Å²) in [6, 6.07) is 21.0. The van der Waals surface area contributed by atoms with Crippen LogP contribution in [0.4, 0.5) is 0 Å². The van der Waals surface area contributed by atoms with E-state index in [0.717, 1.165) is 44.1 Å². The standard InChI is InChI=1S/C27H32O/c1-4-12-21-19-22(13-5-2)27(23-17-10-11-18-25(23)28)24(14-6-3)26(21)20-15-8-7-9-16-20/h7-11,15-19,28H,4-6,12-14H2,1-3H3. The second-order valence-corrected chi connectivity index (χ2v) is 7.56. The third kappa shape index (κ3) is 4.14. The van der Waals surface area contributed by atoms with Crippen molar-refractivity contribution < 1.29 is 5.11 Å². The molecule has 3 aromatic carbocycles. The maximum absolute atomic E-state index is 10.7. The van der Waals surface area contributed by atoms with Gasteiger partial charge in [-0.25, -0.2) is 0 Å². The van der Waals surface area contributed by atoms with E-state index in [4.69, 9.17) is 0 Å². The number of aromatic hydroxyl groups is 1. The minimum Gasteiger partial charge on any atom is -0.507 e. The van der Waals surface area contributed by atoms with Crippen LogP contribution in [0.15, 0.2) is 60.7 Å². The molecule has 0 saturated carbocycles. The van der Waals surface area contributed by atoms with Gasteiger partial charge in [-0.2, -0.15) is 0 Å². The van der Waals surface area contributed by atoms with Gasteiger partial charge >= 0.3 is 0 Å². The van der Waals surface area contributed by atoms with Gasteiger partial charge in [0, 0.05) is 5.56 Å². The smallest absolute Gasteiger partial charge is 0.123 e. The van der Waals surface area contributed by atoms with E-state index in [-0.39, 0.29) is 0 Å². The third-order valence-electron chi connectivity index (χ3n) is 5.37. The summed E-state index contributed by atoms with van der Waals surface area (Å²) in [4.78, 5) is 0. The van der Waals surface area contributed by atoms with E-state index in [2.05, 4.69) is 63.2 Å². The van der Waals surface area contributed by atoms with Gasteiger partial charge in [0.15, 0.2) is 0 Å². The Balaban J connectivity index is 2.40. The number of hydrogen-bond acceptors (Lipinski definition) is 1. The second-order valence-electron chi connectivity index (χ2n) is 7.56. The van der Waals surface area contributed by atoms with Crippen molar-refractivity contribution in [2.45, 2.75) is 59.3 Å². The summed E-state index contributed by atoms with van der Waals surface area (Å²) in [6.45, 7) is 6.73. The predicted molar refractivity (Wildman–Crippen MR) is 121 cm³/mol. The summed E-state index contributed by atoms with van der Waals surface area (Å²) < 4.78 is 0. The molecular weight excluding hydrogens is 340 g/mol. The first-order valence-corrected chi connectivity index (χ1v) is 10.7. The van der Waals surface area contributed by atoms with E-state index in [0.29, 0.717) is 5.75 Å². The highest BCUT2D eigenvalue weighted by molar-refractivity contribution is 5.85. The van der Waals surface area contributed by atoms with Crippen LogP contribution >= 0.6 is 0 Å². The Morgan fingerprint density at radius 3 is 1.82 bits per heavy atom. The molecule has 0 fully saturated rings. The molecule has 3 aromatic rings. The van der Waals surface area contributed by atoms with Crippen molar-refractivity contribution in [3.05, 3.63) is 77.4 Å². The van der Waals surface area contributed by atoms with E-state index in [1.165, 1.54) is 33.4 Å². The Morgan fingerprint density at radius 1 is 0.643 bits per heavy atom. The molecule has 0 atom stereocenters. The molecule has 0 aliphatic heterocycles. The Morgan fingerprint density at radius 2 is 1.21 bits per heavy atom. The first kappa shape index (κ1) is 20.2. The molecule has 146 valence electrons. The quantitative estimate of drug-likeness (QED) is 0.432. The predicted octanol–water partition coefficient (Wildman–Crippen LogP) is 7.58. The van der Waals surface area contributed by atoms with E-state index in [1.54, 1.807) is 0 Å². The summed E-state index contributed by atoms with van der Waals surface area (Å²) >= 11 is 0. The van der Waals surface area contributed by atoms with Crippen LogP contribution in [0.3, 0.4) is 0 Å². The lowest BCUT2D eigenvalue weighted by atomic mass is 9.81. The molecule has 28 heavy (non-hydrogen) atoms. The molecule has 0 heterocycles. The van der Waals surface area contributed by atoms with Gasteiger partial charge in [-0.05, 0) is 58.7 Å². The number of para-hydroxylation sites is 1. The van der Waals surface area contributed by atoms with E-state index in [1.807, 2.05) is 18.2 Å². The largest absolute Gasteiger partial charge is 0.507 e. The normalized spacial score (nSPS) is 11.0. The molecular formula is C27H32O. The zero-order valence-electron chi connectivity index (χ0n) is 17.5. The maximum Gasteiger partial charge on any atom is 0.123 e. The summed E-state index contributed by atoms with van der Waals surface area (Å²) in [5.41, 5.74) is 9.09. The summed E-state index contributed by atoms with van der Waals surface area (Å²) in [6.07, 6.45) is 6.45. The Bertz CT molecular complexity index is 909. The second kappa shape index (κ2) is 9.59. The van der Waals surface area contributed by atoms with Gasteiger partial charge in [-0.15, -0.1) is 0 Å². The average Bonchev–Trinajstić information content (AvgIpc) is 2.70. The van der Waals surface area contributed by atoms with Gasteiger partial charge < -0.3 is 5.11 Å². The van der Waals surface area contributed by atoms with Crippen molar-refractivity contribution in [1.29, 1.82) is 0 Å². The van der Waals surface area contributed by atoms with Crippen molar-refractivity contribution in [2.75, 3.05) is 0 Å². The lowest BCUT2D eigenvalue weighted by Crippen LogP contribution is -2.04. The molecule has 1 nitrogen and oxygen atoms in total. The van der Waals surface area contributed by atoms with Crippen LogP contribution in [0, 0.1) is 0 Å². The van der Waals surface area contributed by atoms with Crippen LogP contribution in [0.2, 0.25) is 0 Å². The van der Waals surface area contributed by atoms with Gasteiger partial charge in [0.05, 0.1) is 0 Å². The zero-order valence-corrected chi connectivity index (χ0v) is 17.5. The molecule has 0 aromatic heterocycles. The highest BCUT2D eigenvalue weighted by Gasteiger charge is 2.21. The fraction of sp³-hybridized carbons (Fsp3) is 0.333. The minimum absolute atomic E-state index is 0.374.